The molecule has 0 spiro atoms. The SMILES string of the molecule is O=C(NC1CCN(C(=O)C2CC2)CC1)c1n[nH]c2ccc(-c3cccc(F)c3F)cc12. The summed E-state index contributed by atoms with van der Waals surface area (Å²) in [5.74, 6) is -1.73. The second kappa shape index (κ2) is 7.76. The molecule has 1 saturated carbocycles. The van der Waals surface area contributed by atoms with Crippen molar-refractivity contribution in [2.24, 2.45) is 5.92 Å². The number of fused-ring (bicyclic) bond motifs is 1. The Kier molecular flexibility index (Phi) is 4.92. The lowest BCUT2D eigenvalue weighted by atomic mass is 10.0. The van der Waals surface area contributed by atoms with E-state index in [4.69, 9.17) is 0 Å². The summed E-state index contributed by atoms with van der Waals surface area (Å²) < 4.78 is 27.8. The van der Waals surface area contributed by atoms with E-state index < -0.39 is 11.6 Å². The van der Waals surface area contributed by atoms with Crippen LogP contribution in [0.5, 0.6) is 0 Å². The van der Waals surface area contributed by atoms with E-state index in [-0.39, 0.29) is 35.0 Å². The summed E-state index contributed by atoms with van der Waals surface area (Å²) in [6.45, 7) is 1.29. The number of rotatable bonds is 4. The quantitative estimate of drug-likeness (QED) is 0.671. The van der Waals surface area contributed by atoms with E-state index in [1.807, 2.05) is 4.90 Å². The molecular weight excluding hydrogens is 402 g/mol. The van der Waals surface area contributed by atoms with Gasteiger partial charge in [-0.3, -0.25) is 14.7 Å². The van der Waals surface area contributed by atoms with Crippen LogP contribution in [0, 0.1) is 17.6 Å². The molecule has 0 unspecified atom stereocenters. The van der Waals surface area contributed by atoms with Crippen molar-refractivity contribution in [2.45, 2.75) is 31.7 Å². The smallest absolute Gasteiger partial charge is 0.272 e. The molecule has 2 fully saturated rings. The molecule has 0 atom stereocenters. The Morgan fingerprint density at radius 1 is 1.06 bits per heavy atom. The number of aromatic nitrogens is 2. The van der Waals surface area contributed by atoms with Crippen molar-refractivity contribution in [3.05, 3.63) is 53.7 Å². The average Bonchev–Trinajstić information content (AvgIpc) is 3.54. The molecule has 2 amide bonds. The molecule has 1 saturated heterocycles. The maximum absolute atomic E-state index is 14.2. The molecule has 5 rings (SSSR count). The molecule has 2 aromatic carbocycles. The topological polar surface area (TPSA) is 78.1 Å². The molecule has 1 aromatic heterocycles. The summed E-state index contributed by atoms with van der Waals surface area (Å²) in [4.78, 5) is 27.0. The largest absolute Gasteiger partial charge is 0.348 e. The van der Waals surface area contributed by atoms with Gasteiger partial charge in [0.05, 0.1) is 5.52 Å². The fourth-order valence-electron chi connectivity index (χ4n) is 4.17. The van der Waals surface area contributed by atoms with Gasteiger partial charge in [0, 0.05) is 36.0 Å². The van der Waals surface area contributed by atoms with Gasteiger partial charge < -0.3 is 10.2 Å². The number of hydrogen-bond acceptors (Lipinski definition) is 3. The average molecular weight is 424 g/mol. The van der Waals surface area contributed by atoms with Crippen LogP contribution < -0.4 is 5.32 Å². The van der Waals surface area contributed by atoms with E-state index in [0.717, 1.165) is 18.9 Å². The molecule has 160 valence electrons. The highest BCUT2D eigenvalue weighted by atomic mass is 19.2. The van der Waals surface area contributed by atoms with Crippen molar-refractivity contribution < 1.29 is 18.4 Å². The van der Waals surface area contributed by atoms with Gasteiger partial charge in [-0.2, -0.15) is 5.10 Å². The number of amides is 2. The van der Waals surface area contributed by atoms with Crippen LogP contribution in [0.15, 0.2) is 36.4 Å². The lowest BCUT2D eigenvalue weighted by Gasteiger charge is -2.32. The van der Waals surface area contributed by atoms with Crippen molar-refractivity contribution in [3.8, 4) is 11.1 Å². The Bertz CT molecular complexity index is 1160. The first-order valence-electron chi connectivity index (χ1n) is 10.5. The first-order valence-corrected chi connectivity index (χ1v) is 10.5. The monoisotopic (exact) mass is 424 g/mol. The first kappa shape index (κ1) is 19.7. The van der Waals surface area contributed by atoms with Gasteiger partial charge in [0.25, 0.3) is 5.91 Å². The van der Waals surface area contributed by atoms with E-state index in [0.29, 0.717) is 42.4 Å². The van der Waals surface area contributed by atoms with Gasteiger partial charge in [-0.05, 0) is 49.4 Å². The summed E-state index contributed by atoms with van der Waals surface area (Å²) >= 11 is 0. The number of nitrogens with zero attached hydrogens (tertiary/aromatic N) is 2. The van der Waals surface area contributed by atoms with E-state index in [2.05, 4.69) is 15.5 Å². The molecule has 3 aromatic rings. The minimum atomic E-state index is -0.927. The Morgan fingerprint density at radius 2 is 1.84 bits per heavy atom. The Morgan fingerprint density at radius 3 is 2.58 bits per heavy atom. The number of benzene rings is 2. The van der Waals surface area contributed by atoms with Gasteiger partial charge >= 0.3 is 0 Å². The van der Waals surface area contributed by atoms with Crippen LogP contribution in [0.3, 0.4) is 0 Å². The van der Waals surface area contributed by atoms with Crippen LogP contribution >= 0.6 is 0 Å². The summed E-state index contributed by atoms with van der Waals surface area (Å²) in [5, 5.41) is 10.5. The third-order valence-electron chi connectivity index (χ3n) is 6.11. The van der Waals surface area contributed by atoms with Gasteiger partial charge in [-0.15, -0.1) is 0 Å². The standard InChI is InChI=1S/C23H22F2N4O2/c24-18-3-1-2-16(20(18)25)14-6-7-19-17(12-14)21(28-27-19)22(30)26-15-8-10-29(11-9-15)23(31)13-4-5-13/h1-3,6-7,12-13,15H,4-5,8-11H2,(H,26,30)(H,27,28). The van der Waals surface area contributed by atoms with E-state index in [9.17, 15) is 18.4 Å². The third-order valence-corrected chi connectivity index (χ3v) is 6.11. The molecule has 6 nitrogen and oxygen atoms in total. The zero-order chi connectivity index (χ0) is 21.5. The summed E-state index contributed by atoms with van der Waals surface area (Å²) in [6.07, 6.45) is 3.38. The fraction of sp³-hybridized carbons (Fsp3) is 0.348. The Labute approximate surface area is 177 Å². The van der Waals surface area contributed by atoms with Crippen LogP contribution in [0.25, 0.3) is 22.0 Å². The van der Waals surface area contributed by atoms with Crippen molar-refractivity contribution in [3.63, 3.8) is 0 Å². The fourth-order valence-corrected chi connectivity index (χ4v) is 4.17. The number of nitrogens with one attached hydrogen (secondary N) is 2. The van der Waals surface area contributed by atoms with Crippen LogP contribution in [0.4, 0.5) is 8.78 Å². The maximum Gasteiger partial charge on any atom is 0.272 e. The van der Waals surface area contributed by atoms with Gasteiger partial charge in [0.15, 0.2) is 17.3 Å². The Balaban J connectivity index is 1.32. The molecule has 8 heteroatoms. The normalized spacial score (nSPS) is 17.2. The first-order chi connectivity index (χ1) is 15.0. The number of piperidine rings is 1. The van der Waals surface area contributed by atoms with Crippen molar-refractivity contribution in [1.82, 2.24) is 20.4 Å². The van der Waals surface area contributed by atoms with Crippen LogP contribution in [-0.2, 0) is 4.79 Å². The molecule has 2 aliphatic rings. The molecule has 0 radical (unpaired) electrons. The van der Waals surface area contributed by atoms with Gasteiger partial charge in [0.1, 0.15) is 0 Å². The molecular formula is C23H22F2N4O2. The minimum absolute atomic E-state index is 0.0358. The second-order valence-corrected chi connectivity index (χ2v) is 8.28. The summed E-state index contributed by atoms with van der Waals surface area (Å²) in [5.41, 5.74) is 1.44. The lowest BCUT2D eigenvalue weighted by molar-refractivity contribution is -0.133. The second-order valence-electron chi connectivity index (χ2n) is 8.28. The molecule has 1 aliphatic heterocycles. The van der Waals surface area contributed by atoms with Gasteiger partial charge in [-0.1, -0.05) is 18.2 Å². The minimum Gasteiger partial charge on any atom is -0.348 e. The zero-order valence-corrected chi connectivity index (χ0v) is 16.8. The Hall–Kier alpha value is -3.29. The predicted octanol–water partition coefficient (Wildman–Crippen LogP) is 3.64. The predicted molar refractivity (Wildman–Crippen MR) is 111 cm³/mol. The molecule has 2 N–H and O–H groups in total. The summed E-state index contributed by atoms with van der Waals surface area (Å²) in [6, 6.07) is 8.97. The third kappa shape index (κ3) is 3.78. The number of H-pyrrole nitrogens is 1. The van der Waals surface area contributed by atoms with Crippen molar-refractivity contribution >= 4 is 22.7 Å². The van der Waals surface area contributed by atoms with Crippen molar-refractivity contribution in [1.29, 1.82) is 0 Å². The van der Waals surface area contributed by atoms with Crippen molar-refractivity contribution in [2.75, 3.05) is 13.1 Å². The van der Waals surface area contributed by atoms with E-state index in [1.165, 1.54) is 12.1 Å². The molecule has 2 heterocycles. The van der Waals surface area contributed by atoms with Crippen LogP contribution in [0.1, 0.15) is 36.2 Å². The number of carbonyl (C=O) groups is 2. The molecule has 31 heavy (non-hydrogen) atoms. The maximum atomic E-state index is 14.2. The summed E-state index contributed by atoms with van der Waals surface area (Å²) in [7, 11) is 0. The molecule has 1 aliphatic carbocycles. The number of halogens is 2. The number of aromatic amines is 1. The van der Waals surface area contributed by atoms with E-state index in [1.54, 1.807) is 18.2 Å². The highest BCUT2D eigenvalue weighted by Crippen LogP contribution is 2.32. The lowest BCUT2D eigenvalue weighted by Crippen LogP contribution is -2.47. The van der Waals surface area contributed by atoms with Crippen LogP contribution in [0.2, 0.25) is 0 Å². The molecule has 0 bridgehead atoms. The van der Waals surface area contributed by atoms with Gasteiger partial charge in [0.2, 0.25) is 5.91 Å². The highest BCUT2D eigenvalue weighted by Gasteiger charge is 2.35. The van der Waals surface area contributed by atoms with Gasteiger partial charge in [-0.25, -0.2) is 8.78 Å². The van der Waals surface area contributed by atoms with E-state index >= 15 is 0 Å². The number of carbonyl (C=O) groups excluding carboxylic acids is 2. The van der Waals surface area contributed by atoms with Crippen LogP contribution in [-0.4, -0.2) is 46.0 Å². The zero-order valence-electron chi connectivity index (χ0n) is 16.8. The number of likely N-dealkylation sites (tertiary alicyclic amines) is 1. The number of hydrogen-bond donors (Lipinski definition) is 2. The highest BCUT2D eigenvalue weighted by molar-refractivity contribution is 6.05.